The lowest BCUT2D eigenvalue weighted by Crippen LogP contribution is -2.40. The molecule has 6 nitrogen and oxygen atoms in total. The maximum atomic E-state index is 12.6. The standard InChI is InChI=1S/C13H17ClN2O4S/c1-2-13(17)15-10-3-4-11(14)12(9-10)21(18,19)16-5-7-20-8-6-16/h3-4,9H,2,5-8H2,1H3,(H,15,17). The first-order chi connectivity index (χ1) is 9.95. The summed E-state index contributed by atoms with van der Waals surface area (Å²) in [7, 11) is -3.69. The molecule has 1 heterocycles. The first kappa shape index (κ1) is 16.2. The Morgan fingerprint density at radius 1 is 1.38 bits per heavy atom. The van der Waals surface area contributed by atoms with E-state index in [1.165, 1.54) is 16.4 Å². The molecule has 1 N–H and O–H groups in total. The second kappa shape index (κ2) is 6.74. The van der Waals surface area contributed by atoms with Crippen LogP contribution in [0.5, 0.6) is 0 Å². The van der Waals surface area contributed by atoms with Crippen molar-refractivity contribution in [2.45, 2.75) is 18.2 Å². The van der Waals surface area contributed by atoms with Crippen molar-refractivity contribution in [1.82, 2.24) is 4.31 Å². The van der Waals surface area contributed by atoms with Gasteiger partial charge in [0, 0.05) is 25.2 Å². The number of ether oxygens (including phenoxy) is 1. The molecule has 8 heteroatoms. The minimum absolute atomic E-state index is 0.0000280. The highest BCUT2D eigenvalue weighted by Gasteiger charge is 2.28. The van der Waals surface area contributed by atoms with Gasteiger partial charge in [0.2, 0.25) is 15.9 Å². The fourth-order valence-corrected chi connectivity index (χ4v) is 3.86. The van der Waals surface area contributed by atoms with Gasteiger partial charge in [0.15, 0.2) is 0 Å². The minimum Gasteiger partial charge on any atom is -0.379 e. The molecule has 116 valence electrons. The molecule has 2 rings (SSSR count). The fourth-order valence-electron chi connectivity index (χ4n) is 1.95. The zero-order valence-corrected chi connectivity index (χ0v) is 13.2. The second-order valence-corrected chi connectivity index (χ2v) is 6.88. The summed E-state index contributed by atoms with van der Waals surface area (Å²) in [5, 5.41) is 2.76. The molecule has 21 heavy (non-hydrogen) atoms. The van der Waals surface area contributed by atoms with Crippen molar-refractivity contribution in [1.29, 1.82) is 0 Å². The van der Waals surface area contributed by atoms with Gasteiger partial charge in [0.25, 0.3) is 0 Å². The predicted molar refractivity (Wildman–Crippen MR) is 80.0 cm³/mol. The molecule has 1 aromatic carbocycles. The number of morpholine rings is 1. The minimum atomic E-state index is -3.69. The Balaban J connectivity index is 2.33. The van der Waals surface area contributed by atoms with Crippen LogP contribution in [0.1, 0.15) is 13.3 Å². The number of anilines is 1. The summed E-state index contributed by atoms with van der Waals surface area (Å²) >= 11 is 6.02. The molecule has 1 saturated heterocycles. The maximum Gasteiger partial charge on any atom is 0.244 e. The van der Waals surface area contributed by atoms with Gasteiger partial charge in [-0.05, 0) is 18.2 Å². The van der Waals surface area contributed by atoms with Crippen molar-refractivity contribution in [3.05, 3.63) is 23.2 Å². The number of nitrogens with one attached hydrogen (secondary N) is 1. The molecule has 1 aliphatic heterocycles. The lowest BCUT2D eigenvalue weighted by atomic mass is 10.3. The van der Waals surface area contributed by atoms with Crippen LogP contribution in [0.25, 0.3) is 0 Å². The third kappa shape index (κ3) is 3.74. The number of carbonyl (C=O) groups excluding carboxylic acids is 1. The lowest BCUT2D eigenvalue weighted by molar-refractivity contribution is -0.115. The zero-order chi connectivity index (χ0) is 15.5. The number of sulfonamides is 1. The molecule has 0 radical (unpaired) electrons. The summed E-state index contributed by atoms with van der Waals surface area (Å²) in [5.74, 6) is -0.188. The highest BCUT2D eigenvalue weighted by molar-refractivity contribution is 7.89. The van der Waals surface area contributed by atoms with Crippen LogP contribution in [0, 0.1) is 0 Å². The molecule has 0 unspecified atom stereocenters. The summed E-state index contributed by atoms with van der Waals surface area (Å²) in [6.45, 7) is 3.04. The molecule has 0 aliphatic carbocycles. The van der Waals surface area contributed by atoms with E-state index in [2.05, 4.69) is 5.32 Å². The van der Waals surface area contributed by atoms with E-state index in [9.17, 15) is 13.2 Å². The van der Waals surface area contributed by atoms with Crippen molar-refractivity contribution < 1.29 is 17.9 Å². The Labute approximate surface area is 129 Å². The van der Waals surface area contributed by atoms with E-state index in [0.717, 1.165) is 0 Å². The highest BCUT2D eigenvalue weighted by atomic mass is 35.5. The summed E-state index contributed by atoms with van der Waals surface area (Å²) < 4.78 is 31.7. The third-order valence-electron chi connectivity index (χ3n) is 3.12. The van der Waals surface area contributed by atoms with Gasteiger partial charge in [-0.25, -0.2) is 8.42 Å². The smallest absolute Gasteiger partial charge is 0.244 e. The molecule has 0 saturated carbocycles. The first-order valence-electron chi connectivity index (χ1n) is 6.62. The Kier molecular flexibility index (Phi) is 5.21. The van der Waals surface area contributed by atoms with Crippen LogP contribution in [-0.4, -0.2) is 44.9 Å². The third-order valence-corrected chi connectivity index (χ3v) is 5.50. The molecule has 1 aromatic rings. The predicted octanol–water partition coefficient (Wildman–Crippen LogP) is 1.71. The zero-order valence-electron chi connectivity index (χ0n) is 11.6. The molecular weight excluding hydrogens is 316 g/mol. The van der Waals surface area contributed by atoms with Gasteiger partial charge in [-0.1, -0.05) is 18.5 Å². The van der Waals surface area contributed by atoms with Crippen LogP contribution in [0.3, 0.4) is 0 Å². The molecule has 1 fully saturated rings. The number of carbonyl (C=O) groups is 1. The van der Waals surface area contributed by atoms with Gasteiger partial charge in [-0.2, -0.15) is 4.31 Å². The van der Waals surface area contributed by atoms with Gasteiger partial charge in [-0.3, -0.25) is 4.79 Å². The quantitative estimate of drug-likeness (QED) is 0.910. The summed E-state index contributed by atoms with van der Waals surface area (Å²) in [6.07, 6.45) is 0.314. The molecule has 1 amide bonds. The van der Waals surface area contributed by atoms with Crippen LogP contribution < -0.4 is 5.32 Å². The fraction of sp³-hybridized carbons (Fsp3) is 0.462. The number of amides is 1. The number of nitrogens with zero attached hydrogens (tertiary/aromatic N) is 1. The Hall–Kier alpha value is -1.15. The summed E-state index contributed by atoms with van der Waals surface area (Å²) in [6, 6.07) is 4.44. The molecule has 0 aromatic heterocycles. The Morgan fingerprint density at radius 3 is 2.67 bits per heavy atom. The number of benzene rings is 1. The van der Waals surface area contributed by atoms with Crippen LogP contribution in [-0.2, 0) is 19.6 Å². The topological polar surface area (TPSA) is 75.7 Å². The lowest BCUT2D eigenvalue weighted by Gasteiger charge is -2.26. The number of halogens is 1. The SMILES string of the molecule is CCC(=O)Nc1ccc(Cl)c(S(=O)(=O)N2CCOCC2)c1. The van der Waals surface area contributed by atoms with E-state index < -0.39 is 10.0 Å². The monoisotopic (exact) mass is 332 g/mol. The van der Waals surface area contributed by atoms with Crippen molar-refractivity contribution >= 4 is 33.2 Å². The number of hydrogen-bond acceptors (Lipinski definition) is 4. The number of hydrogen-bond donors (Lipinski definition) is 1. The largest absolute Gasteiger partial charge is 0.379 e. The van der Waals surface area contributed by atoms with Crippen molar-refractivity contribution in [2.24, 2.45) is 0 Å². The van der Waals surface area contributed by atoms with Gasteiger partial charge < -0.3 is 10.1 Å². The molecule has 0 atom stereocenters. The molecular formula is C13H17ClN2O4S. The first-order valence-corrected chi connectivity index (χ1v) is 8.44. The average Bonchev–Trinajstić information content (AvgIpc) is 2.49. The molecule has 1 aliphatic rings. The van der Waals surface area contributed by atoms with Crippen molar-refractivity contribution in [2.75, 3.05) is 31.6 Å². The van der Waals surface area contributed by atoms with E-state index in [1.54, 1.807) is 13.0 Å². The van der Waals surface area contributed by atoms with E-state index in [0.29, 0.717) is 38.4 Å². The molecule has 0 bridgehead atoms. The summed E-state index contributed by atoms with van der Waals surface area (Å²) in [4.78, 5) is 11.4. The Bertz CT molecular complexity index is 627. The van der Waals surface area contributed by atoms with Gasteiger partial charge in [0.1, 0.15) is 4.90 Å². The normalized spacial score (nSPS) is 16.7. The maximum absolute atomic E-state index is 12.6. The highest BCUT2D eigenvalue weighted by Crippen LogP contribution is 2.28. The van der Waals surface area contributed by atoms with Gasteiger partial charge >= 0.3 is 0 Å². The summed E-state index contributed by atoms with van der Waals surface area (Å²) in [5.41, 5.74) is 0.415. The average molecular weight is 333 g/mol. The van der Waals surface area contributed by atoms with Gasteiger partial charge in [0.05, 0.1) is 18.2 Å². The van der Waals surface area contributed by atoms with Crippen molar-refractivity contribution in [3.63, 3.8) is 0 Å². The van der Waals surface area contributed by atoms with E-state index in [-0.39, 0.29) is 15.8 Å². The van der Waals surface area contributed by atoms with Crippen LogP contribution in [0.2, 0.25) is 5.02 Å². The molecule has 0 spiro atoms. The van der Waals surface area contributed by atoms with Crippen LogP contribution in [0.4, 0.5) is 5.69 Å². The van der Waals surface area contributed by atoms with E-state index >= 15 is 0 Å². The van der Waals surface area contributed by atoms with Crippen LogP contribution >= 0.6 is 11.6 Å². The van der Waals surface area contributed by atoms with E-state index in [1.807, 2.05) is 0 Å². The number of rotatable bonds is 4. The Morgan fingerprint density at radius 2 is 2.05 bits per heavy atom. The second-order valence-electron chi connectivity index (χ2n) is 4.56. The van der Waals surface area contributed by atoms with Crippen LogP contribution in [0.15, 0.2) is 23.1 Å². The van der Waals surface area contributed by atoms with E-state index in [4.69, 9.17) is 16.3 Å². The van der Waals surface area contributed by atoms with Gasteiger partial charge in [-0.15, -0.1) is 0 Å². The van der Waals surface area contributed by atoms with Crippen molar-refractivity contribution in [3.8, 4) is 0 Å².